The average molecular weight is 445 g/mol. The van der Waals surface area contributed by atoms with Crippen molar-refractivity contribution in [1.29, 1.82) is 0 Å². The van der Waals surface area contributed by atoms with Crippen LogP contribution in [0.3, 0.4) is 0 Å². The van der Waals surface area contributed by atoms with Crippen LogP contribution >= 0.6 is 11.8 Å². The van der Waals surface area contributed by atoms with Crippen LogP contribution in [0.1, 0.15) is 50.8 Å². The molecule has 2 rings (SSSR count). The lowest BCUT2D eigenvalue weighted by atomic mass is 10.1. The van der Waals surface area contributed by atoms with Crippen molar-refractivity contribution in [2.75, 3.05) is 5.75 Å². The van der Waals surface area contributed by atoms with Crippen molar-refractivity contribution in [2.24, 2.45) is 0 Å². The molecule has 0 unspecified atom stereocenters. The summed E-state index contributed by atoms with van der Waals surface area (Å²) >= 11 is 1.47. The van der Waals surface area contributed by atoms with Crippen LogP contribution in [0.4, 0.5) is 4.39 Å². The minimum atomic E-state index is -0.542. The molecule has 1 N–H and O–H groups in total. The molecule has 2 amide bonds. The van der Waals surface area contributed by atoms with Crippen LogP contribution in [0, 0.1) is 12.7 Å². The third-order valence-corrected chi connectivity index (χ3v) is 5.75. The minimum Gasteiger partial charge on any atom is -0.350 e. The van der Waals surface area contributed by atoms with Crippen molar-refractivity contribution < 1.29 is 14.0 Å². The third-order valence-electron chi connectivity index (χ3n) is 4.77. The van der Waals surface area contributed by atoms with Crippen molar-refractivity contribution in [2.45, 2.75) is 64.9 Å². The number of carbonyl (C=O) groups excluding carboxylic acids is 2. The molecule has 0 aliphatic carbocycles. The van der Waals surface area contributed by atoms with Gasteiger partial charge in [-0.25, -0.2) is 4.39 Å². The Bertz CT molecular complexity index is 861. The van der Waals surface area contributed by atoms with Gasteiger partial charge in [0.05, 0.1) is 5.75 Å². The monoisotopic (exact) mass is 444 g/mol. The highest BCUT2D eigenvalue weighted by Gasteiger charge is 2.30. The van der Waals surface area contributed by atoms with E-state index in [0.29, 0.717) is 18.7 Å². The van der Waals surface area contributed by atoms with Crippen LogP contribution in [0.5, 0.6) is 0 Å². The van der Waals surface area contributed by atoms with Crippen molar-refractivity contribution in [3.63, 3.8) is 0 Å². The lowest BCUT2D eigenvalue weighted by Crippen LogP contribution is -2.53. The number of nitrogens with zero attached hydrogens (tertiary/aromatic N) is 1. The van der Waals surface area contributed by atoms with Gasteiger partial charge in [0.1, 0.15) is 11.9 Å². The van der Waals surface area contributed by atoms with E-state index in [-0.39, 0.29) is 28.9 Å². The number of hydrogen-bond acceptors (Lipinski definition) is 3. The van der Waals surface area contributed by atoms with Gasteiger partial charge in [0, 0.05) is 17.8 Å². The zero-order chi connectivity index (χ0) is 23.0. The standard InChI is InChI=1S/C25H33FN2O2S/c1-6-22(24(30)27-25(3,4)5)28(15-19-9-7-18(2)8-10-19)23(29)17-31-16-20-11-13-21(26)14-12-20/h7-14,22H,6,15-17H2,1-5H3,(H,27,30)/t22-/m0/s1. The van der Waals surface area contributed by atoms with E-state index in [1.54, 1.807) is 17.0 Å². The van der Waals surface area contributed by atoms with Gasteiger partial charge >= 0.3 is 0 Å². The Labute approximate surface area is 189 Å². The van der Waals surface area contributed by atoms with Gasteiger partial charge in [0.2, 0.25) is 11.8 Å². The largest absolute Gasteiger partial charge is 0.350 e. The van der Waals surface area contributed by atoms with Crippen LogP contribution in [0.25, 0.3) is 0 Å². The summed E-state index contributed by atoms with van der Waals surface area (Å²) in [5.74, 6) is 0.366. The molecular formula is C25H33FN2O2S. The predicted octanol–water partition coefficient (Wildman–Crippen LogP) is 5.09. The highest BCUT2D eigenvalue weighted by Crippen LogP contribution is 2.18. The van der Waals surface area contributed by atoms with E-state index in [2.05, 4.69) is 5.32 Å². The summed E-state index contributed by atoms with van der Waals surface area (Å²) in [7, 11) is 0. The number of carbonyl (C=O) groups is 2. The zero-order valence-corrected chi connectivity index (χ0v) is 19.9. The Morgan fingerprint density at radius 2 is 1.61 bits per heavy atom. The van der Waals surface area contributed by atoms with Crippen LogP contribution in [-0.4, -0.2) is 34.0 Å². The van der Waals surface area contributed by atoms with Crippen LogP contribution in [-0.2, 0) is 21.9 Å². The second-order valence-corrected chi connectivity index (χ2v) is 9.78. The number of nitrogens with one attached hydrogen (secondary N) is 1. The molecule has 0 aliphatic heterocycles. The summed E-state index contributed by atoms with van der Waals surface area (Å²) in [6.07, 6.45) is 0.530. The third kappa shape index (κ3) is 8.37. The van der Waals surface area contributed by atoms with E-state index in [9.17, 15) is 14.0 Å². The number of rotatable bonds is 9. The molecule has 0 radical (unpaired) electrons. The summed E-state index contributed by atoms with van der Waals surface area (Å²) in [5.41, 5.74) is 2.72. The van der Waals surface area contributed by atoms with E-state index in [1.807, 2.05) is 58.9 Å². The molecule has 31 heavy (non-hydrogen) atoms. The van der Waals surface area contributed by atoms with Gasteiger partial charge in [0.15, 0.2) is 0 Å². The normalized spacial score (nSPS) is 12.3. The maximum absolute atomic E-state index is 13.2. The minimum absolute atomic E-state index is 0.0800. The van der Waals surface area contributed by atoms with Crippen LogP contribution in [0.15, 0.2) is 48.5 Å². The Morgan fingerprint density at radius 3 is 2.16 bits per heavy atom. The first-order valence-electron chi connectivity index (χ1n) is 10.6. The maximum Gasteiger partial charge on any atom is 0.243 e. The number of halogens is 1. The smallest absolute Gasteiger partial charge is 0.243 e. The Balaban J connectivity index is 2.14. The molecular weight excluding hydrogens is 411 g/mol. The topological polar surface area (TPSA) is 49.4 Å². The average Bonchev–Trinajstić information content (AvgIpc) is 2.69. The van der Waals surface area contributed by atoms with Gasteiger partial charge in [-0.2, -0.15) is 0 Å². The summed E-state index contributed by atoms with van der Waals surface area (Å²) in [6.45, 7) is 10.1. The summed E-state index contributed by atoms with van der Waals surface area (Å²) in [4.78, 5) is 27.8. The number of hydrogen-bond donors (Lipinski definition) is 1. The molecule has 2 aromatic carbocycles. The molecule has 0 saturated heterocycles. The Kier molecular flexibility index (Phi) is 9.11. The number of thioether (sulfide) groups is 1. The molecule has 0 fully saturated rings. The molecule has 0 aromatic heterocycles. The van der Waals surface area contributed by atoms with Gasteiger partial charge in [-0.05, 0) is 57.4 Å². The van der Waals surface area contributed by atoms with E-state index in [0.717, 1.165) is 16.7 Å². The van der Waals surface area contributed by atoms with Crippen molar-refractivity contribution in [3.05, 3.63) is 71.0 Å². The molecule has 168 valence electrons. The fourth-order valence-electron chi connectivity index (χ4n) is 3.18. The van der Waals surface area contributed by atoms with E-state index in [4.69, 9.17) is 0 Å². The first kappa shape index (κ1) is 24.9. The molecule has 0 bridgehead atoms. The SMILES string of the molecule is CC[C@@H](C(=O)NC(C)(C)C)N(Cc1ccc(C)cc1)C(=O)CSCc1ccc(F)cc1. The predicted molar refractivity (Wildman–Crippen MR) is 126 cm³/mol. The molecule has 6 heteroatoms. The van der Waals surface area contributed by atoms with Gasteiger partial charge in [0.25, 0.3) is 0 Å². The number of amides is 2. The summed E-state index contributed by atoms with van der Waals surface area (Å²) < 4.78 is 13.1. The van der Waals surface area contributed by atoms with Crippen LogP contribution in [0.2, 0.25) is 0 Å². The molecule has 4 nitrogen and oxygen atoms in total. The summed E-state index contributed by atoms with van der Waals surface area (Å²) in [5, 5.41) is 3.01. The van der Waals surface area contributed by atoms with E-state index >= 15 is 0 Å². The summed E-state index contributed by atoms with van der Waals surface area (Å²) in [6, 6.07) is 13.8. The maximum atomic E-state index is 13.2. The van der Waals surface area contributed by atoms with E-state index < -0.39 is 6.04 Å². The second-order valence-electron chi connectivity index (χ2n) is 8.79. The molecule has 0 spiro atoms. The zero-order valence-electron chi connectivity index (χ0n) is 19.1. The highest BCUT2D eigenvalue weighted by atomic mass is 32.2. The first-order valence-corrected chi connectivity index (χ1v) is 11.7. The van der Waals surface area contributed by atoms with Gasteiger partial charge in [-0.15, -0.1) is 11.8 Å². The highest BCUT2D eigenvalue weighted by molar-refractivity contribution is 7.99. The van der Waals surface area contributed by atoms with Gasteiger partial charge in [-0.3, -0.25) is 9.59 Å². The van der Waals surface area contributed by atoms with Gasteiger partial charge < -0.3 is 10.2 Å². The van der Waals surface area contributed by atoms with E-state index in [1.165, 1.54) is 23.9 Å². The van der Waals surface area contributed by atoms with Crippen molar-refractivity contribution in [3.8, 4) is 0 Å². The van der Waals surface area contributed by atoms with Crippen molar-refractivity contribution >= 4 is 23.6 Å². The first-order chi connectivity index (χ1) is 14.6. The van der Waals surface area contributed by atoms with Crippen molar-refractivity contribution in [1.82, 2.24) is 10.2 Å². The molecule has 0 aliphatic rings. The molecule has 1 atom stereocenters. The molecule has 2 aromatic rings. The quantitative estimate of drug-likeness (QED) is 0.586. The lowest BCUT2D eigenvalue weighted by molar-refractivity contribution is -0.140. The molecule has 0 saturated carbocycles. The number of aryl methyl sites for hydroxylation is 1. The van der Waals surface area contributed by atoms with Gasteiger partial charge in [-0.1, -0.05) is 48.9 Å². The fraction of sp³-hybridized carbons (Fsp3) is 0.440. The second kappa shape index (κ2) is 11.3. The molecule has 0 heterocycles. The number of benzene rings is 2. The Hall–Kier alpha value is -2.34. The lowest BCUT2D eigenvalue weighted by Gasteiger charge is -2.33. The van der Waals surface area contributed by atoms with Crippen LogP contribution < -0.4 is 5.32 Å². The Morgan fingerprint density at radius 1 is 1.03 bits per heavy atom. The fourth-order valence-corrected chi connectivity index (χ4v) is 4.05.